The van der Waals surface area contributed by atoms with E-state index >= 15 is 0 Å². The molecule has 0 amide bonds. The van der Waals surface area contributed by atoms with E-state index < -0.39 is 6.10 Å². The van der Waals surface area contributed by atoms with Crippen LogP contribution in [-0.4, -0.2) is 29.3 Å². The molecule has 1 fully saturated rings. The van der Waals surface area contributed by atoms with Gasteiger partial charge in [-0.25, -0.2) is 4.98 Å². The van der Waals surface area contributed by atoms with Crippen LogP contribution in [0.15, 0.2) is 54.6 Å². The predicted molar refractivity (Wildman–Crippen MR) is 103 cm³/mol. The largest absolute Gasteiger partial charge is 0.391 e. The lowest BCUT2D eigenvalue weighted by Gasteiger charge is -2.37. The van der Waals surface area contributed by atoms with Gasteiger partial charge in [-0.3, -0.25) is 0 Å². The van der Waals surface area contributed by atoms with E-state index in [0.717, 1.165) is 18.7 Å². The van der Waals surface area contributed by atoms with Crippen LogP contribution in [-0.2, 0) is 0 Å². The van der Waals surface area contributed by atoms with Gasteiger partial charge < -0.3 is 10.0 Å². The zero-order chi connectivity index (χ0) is 18.1. The number of rotatable bonds is 2. The maximum absolute atomic E-state index is 10.8. The molecule has 0 bridgehead atoms. The van der Waals surface area contributed by atoms with Crippen molar-refractivity contribution in [3.05, 3.63) is 71.4 Å². The maximum Gasteiger partial charge on any atom is 0.146 e. The predicted octanol–water partition coefficient (Wildman–Crippen LogP) is 3.77. The normalized spacial score (nSPS) is 20.1. The molecule has 0 aliphatic carbocycles. The molecule has 1 aliphatic heterocycles. The number of fused-ring (bicyclic) bond motifs is 1. The van der Waals surface area contributed by atoms with E-state index in [9.17, 15) is 10.4 Å². The van der Waals surface area contributed by atoms with Crippen molar-refractivity contribution in [3.8, 4) is 6.07 Å². The van der Waals surface area contributed by atoms with E-state index in [0.29, 0.717) is 17.9 Å². The van der Waals surface area contributed by atoms with E-state index in [4.69, 9.17) is 0 Å². The van der Waals surface area contributed by atoms with Crippen LogP contribution in [0.2, 0.25) is 0 Å². The highest BCUT2D eigenvalue weighted by atomic mass is 16.3. The van der Waals surface area contributed by atoms with Crippen LogP contribution >= 0.6 is 0 Å². The molecule has 2 aromatic carbocycles. The molecule has 2 atom stereocenters. The minimum Gasteiger partial charge on any atom is -0.391 e. The second-order valence-electron chi connectivity index (χ2n) is 6.95. The fourth-order valence-electron chi connectivity index (χ4n) is 3.82. The van der Waals surface area contributed by atoms with Crippen molar-refractivity contribution >= 4 is 16.6 Å². The van der Waals surface area contributed by atoms with E-state index in [2.05, 4.69) is 41.4 Å². The number of hydrogen-bond acceptors (Lipinski definition) is 4. The van der Waals surface area contributed by atoms with Crippen LogP contribution < -0.4 is 4.90 Å². The van der Waals surface area contributed by atoms with Gasteiger partial charge in [0.15, 0.2) is 0 Å². The van der Waals surface area contributed by atoms with Gasteiger partial charge in [0.05, 0.1) is 11.7 Å². The van der Waals surface area contributed by atoms with Gasteiger partial charge in [0.2, 0.25) is 0 Å². The van der Waals surface area contributed by atoms with Crippen LogP contribution in [0, 0.1) is 18.3 Å². The lowest BCUT2D eigenvalue weighted by molar-refractivity contribution is 0.129. The Hall–Kier alpha value is -2.90. The van der Waals surface area contributed by atoms with Gasteiger partial charge in [0, 0.05) is 24.7 Å². The van der Waals surface area contributed by atoms with Crippen LogP contribution in [0.3, 0.4) is 0 Å². The number of nitriles is 1. The van der Waals surface area contributed by atoms with Gasteiger partial charge in [-0.05, 0) is 41.8 Å². The van der Waals surface area contributed by atoms with Crippen LogP contribution in [0.5, 0.6) is 0 Å². The standard InChI is InChI=1S/C22H21N3O/c1-15-6-7-19(13-23)22(24-15)25-11-10-20(21(26)14-25)18-9-8-16-4-2-3-5-17(16)12-18/h2-9,12,20-21,26H,10-11,14H2,1H3/t20-,21+/m0/s1. The summed E-state index contributed by atoms with van der Waals surface area (Å²) >= 11 is 0. The first-order chi connectivity index (χ1) is 12.7. The fourth-order valence-corrected chi connectivity index (χ4v) is 3.82. The van der Waals surface area contributed by atoms with Gasteiger partial charge in [0.25, 0.3) is 0 Å². The minimum absolute atomic E-state index is 0.103. The highest BCUT2D eigenvalue weighted by Crippen LogP contribution is 2.33. The van der Waals surface area contributed by atoms with Crippen LogP contribution in [0.25, 0.3) is 10.8 Å². The summed E-state index contributed by atoms with van der Waals surface area (Å²) in [5.74, 6) is 0.787. The van der Waals surface area contributed by atoms with E-state index in [-0.39, 0.29) is 5.92 Å². The first-order valence-electron chi connectivity index (χ1n) is 8.95. The number of aromatic nitrogens is 1. The molecule has 3 aromatic rings. The Morgan fingerprint density at radius 2 is 1.92 bits per heavy atom. The smallest absolute Gasteiger partial charge is 0.146 e. The number of hydrogen-bond donors (Lipinski definition) is 1. The molecule has 0 spiro atoms. The second-order valence-corrected chi connectivity index (χ2v) is 6.95. The number of nitrogens with zero attached hydrogens (tertiary/aromatic N) is 3. The molecule has 0 radical (unpaired) electrons. The third kappa shape index (κ3) is 3.02. The second kappa shape index (κ2) is 6.78. The third-order valence-corrected chi connectivity index (χ3v) is 5.22. The number of β-amino-alcohol motifs (C(OH)–C–C–N with tert-alkyl or cyclic N) is 1. The minimum atomic E-state index is -0.487. The van der Waals surface area contributed by atoms with E-state index in [1.807, 2.05) is 30.0 Å². The summed E-state index contributed by atoms with van der Waals surface area (Å²) in [7, 11) is 0. The highest BCUT2D eigenvalue weighted by Gasteiger charge is 2.30. The molecule has 1 aromatic heterocycles. The van der Waals surface area contributed by atoms with E-state index in [1.165, 1.54) is 16.3 Å². The Bertz CT molecular complexity index is 992. The van der Waals surface area contributed by atoms with Gasteiger partial charge >= 0.3 is 0 Å². The summed E-state index contributed by atoms with van der Waals surface area (Å²) in [6.07, 6.45) is 0.346. The molecule has 2 heterocycles. The van der Waals surface area contributed by atoms with Gasteiger partial charge in [0.1, 0.15) is 11.9 Å². The SMILES string of the molecule is Cc1ccc(C#N)c(N2CC[C@@H](c3ccc4ccccc4c3)[C@H](O)C2)n1. The zero-order valence-corrected chi connectivity index (χ0v) is 14.8. The average Bonchev–Trinajstić information content (AvgIpc) is 2.67. The summed E-state index contributed by atoms with van der Waals surface area (Å²) in [4.78, 5) is 6.57. The quantitative estimate of drug-likeness (QED) is 0.769. The monoisotopic (exact) mass is 343 g/mol. The molecule has 4 heteroatoms. The molecule has 1 N–H and O–H groups in total. The number of benzene rings is 2. The van der Waals surface area contributed by atoms with Crippen LogP contribution in [0.4, 0.5) is 5.82 Å². The highest BCUT2D eigenvalue weighted by molar-refractivity contribution is 5.83. The molecule has 4 rings (SSSR count). The van der Waals surface area contributed by atoms with Crippen molar-refractivity contribution in [2.75, 3.05) is 18.0 Å². The molecule has 26 heavy (non-hydrogen) atoms. The Morgan fingerprint density at radius 3 is 2.69 bits per heavy atom. The number of piperidine rings is 1. The van der Waals surface area contributed by atoms with Gasteiger partial charge in [-0.1, -0.05) is 42.5 Å². The van der Waals surface area contributed by atoms with Gasteiger partial charge in [-0.15, -0.1) is 0 Å². The Kier molecular flexibility index (Phi) is 4.32. The van der Waals surface area contributed by atoms with Crippen molar-refractivity contribution in [1.29, 1.82) is 5.26 Å². The average molecular weight is 343 g/mol. The summed E-state index contributed by atoms with van der Waals surface area (Å²) in [6, 6.07) is 20.6. The summed E-state index contributed by atoms with van der Waals surface area (Å²) in [5.41, 5.74) is 2.62. The van der Waals surface area contributed by atoms with Crippen molar-refractivity contribution in [1.82, 2.24) is 4.98 Å². The lowest BCUT2D eigenvalue weighted by atomic mass is 9.86. The number of pyridine rings is 1. The number of aliphatic hydroxyl groups is 1. The maximum atomic E-state index is 10.8. The summed E-state index contributed by atoms with van der Waals surface area (Å²) < 4.78 is 0. The Morgan fingerprint density at radius 1 is 1.12 bits per heavy atom. The molecule has 0 saturated carbocycles. The van der Waals surface area contributed by atoms with Crippen molar-refractivity contribution in [3.63, 3.8) is 0 Å². The first-order valence-corrected chi connectivity index (χ1v) is 8.95. The summed E-state index contributed by atoms with van der Waals surface area (Å²) in [6.45, 7) is 3.19. The van der Waals surface area contributed by atoms with Crippen molar-refractivity contribution in [2.24, 2.45) is 0 Å². The van der Waals surface area contributed by atoms with Crippen molar-refractivity contribution < 1.29 is 5.11 Å². The fraction of sp³-hybridized carbons (Fsp3) is 0.273. The van der Waals surface area contributed by atoms with Gasteiger partial charge in [-0.2, -0.15) is 5.26 Å². The third-order valence-electron chi connectivity index (χ3n) is 5.22. The molecular weight excluding hydrogens is 322 g/mol. The molecule has 4 nitrogen and oxygen atoms in total. The molecule has 130 valence electrons. The molecular formula is C22H21N3O. The first kappa shape index (κ1) is 16.6. The Balaban J connectivity index is 1.58. The number of aliphatic hydroxyl groups excluding tert-OH is 1. The zero-order valence-electron chi connectivity index (χ0n) is 14.8. The summed E-state index contributed by atoms with van der Waals surface area (Å²) in [5, 5.41) is 22.6. The van der Waals surface area contributed by atoms with Crippen molar-refractivity contribution in [2.45, 2.75) is 25.4 Å². The van der Waals surface area contributed by atoms with Crippen LogP contribution in [0.1, 0.15) is 29.2 Å². The molecule has 0 unspecified atom stereocenters. The Labute approximate surface area is 153 Å². The number of anilines is 1. The molecule has 1 aliphatic rings. The van der Waals surface area contributed by atoms with E-state index in [1.54, 1.807) is 6.07 Å². The molecule has 1 saturated heterocycles. The lowest BCUT2D eigenvalue weighted by Crippen LogP contribution is -2.43. The topological polar surface area (TPSA) is 60.2 Å². The number of aryl methyl sites for hydroxylation is 1.